The van der Waals surface area contributed by atoms with Gasteiger partial charge in [-0.2, -0.15) is 0 Å². The van der Waals surface area contributed by atoms with E-state index in [1.54, 1.807) is 6.07 Å². The third-order valence-electron chi connectivity index (χ3n) is 3.98. The van der Waals surface area contributed by atoms with Gasteiger partial charge >= 0.3 is 5.97 Å². The van der Waals surface area contributed by atoms with Crippen LogP contribution in [0.15, 0.2) is 18.2 Å². The van der Waals surface area contributed by atoms with Crippen LogP contribution in [0.4, 0.5) is 5.69 Å². The van der Waals surface area contributed by atoms with Crippen LogP contribution in [0.1, 0.15) is 36.0 Å². The summed E-state index contributed by atoms with van der Waals surface area (Å²) < 4.78 is 0. The zero-order valence-electron chi connectivity index (χ0n) is 11.7. The van der Waals surface area contributed by atoms with Crippen LogP contribution in [0.3, 0.4) is 0 Å². The van der Waals surface area contributed by atoms with Crippen LogP contribution in [0.2, 0.25) is 5.02 Å². The number of rotatable bonds is 5. The zero-order valence-corrected chi connectivity index (χ0v) is 12.4. The lowest BCUT2D eigenvalue weighted by molar-refractivity contribution is -0.147. The van der Waals surface area contributed by atoms with Crippen LogP contribution in [-0.2, 0) is 9.59 Å². The van der Waals surface area contributed by atoms with E-state index < -0.39 is 17.3 Å². The first-order valence-electron chi connectivity index (χ1n) is 7.08. The SMILES string of the molecule is O=C(NC1CC1)c1cc(NC(=O)C2(C(=O)O)CC2)ccc1Cl. The number of carboxylic acid groups (broad SMARTS) is 1. The van der Waals surface area contributed by atoms with Crippen LogP contribution in [0.5, 0.6) is 0 Å². The molecular weight excluding hydrogens is 308 g/mol. The number of carboxylic acids is 1. The van der Waals surface area contributed by atoms with Gasteiger partial charge in [0.05, 0.1) is 10.6 Å². The lowest BCUT2D eigenvalue weighted by Crippen LogP contribution is -2.31. The number of carbonyl (C=O) groups excluding carboxylic acids is 2. The average molecular weight is 323 g/mol. The Labute approximate surface area is 131 Å². The molecule has 116 valence electrons. The van der Waals surface area contributed by atoms with Gasteiger partial charge in [0.25, 0.3) is 5.91 Å². The number of amides is 2. The second kappa shape index (κ2) is 5.28. The van der Waals surface area contributed by atoms with Crippen molar-refractivity contribution in [3.63, 3.8) is 0 Å². The Morgan fingerprint density at radius 1 is 1.23 bits per heavy atom. The number of nitrogens with one attached hydrogen (secondary N) is 2. The Morgan fingerprint density at radius 3 is 2.45 bits per heavy atom. The van der Waals surface area contributed by atoms with E-state index in [4.69, 9.17) is 16.7 Å². The minimum atomic E-state index is -1.32. The zero-order chi connectivity index (χ0) is 15.9. The fraction of sp³-hybridized carbons (Fsp3) is 0.400. The summed E-state index contributed by atoms with van der Waals surface area (Å²) in [5.74, 6) is -1.97. The Morgan fingerprint density at radius 2 is 1.91 bits per heavy atom. The first-order chi connectivity index (χ1) is 10.4. The van der Waals surface area contributed by atoms with Gasteiger partial charge in [0.2, 0.25) is 5.91 Å². The number of anilines is 1. The monoisotopic (exact) mass is 322 g/mol. The molecule has 1 aromatic carbocycles. The molecule has 3 rings (SSSR count). The van der Waals surface area contributed by atoms with Crippen molar-refractivity contribution in [3.8, 4) is 0 Å². The molecule has 1 aromatic rings. The van der Waals surface area contributed by atoms with Gasteiger partial charge in [0.15, 0.2) is 0 Å². The number of hydrogen-bond acceptors (Lipinski definition) is 3. The van der Waals surface area contributed by atoms with Crippen LogP contribution < -0.4 is 10.6 Å². The highest BCUT2D eigenvalue weighted by molar-refractivity contribution is 6.34. The molecule has 0 atom stereocenters. The largest absolute Gasteiger partial charge is 0.480 e. The Bertz CT molecular complexity index is 666. The Hall–Kier alpha value is -2.08. The Balaban J connectivity index is 1.75. The predicted molar refractivity (Wildman–Crippen MR) is 79.9 cm³/mol. The molecule has 0 saturated heterocycles. The first-order valence-corrected chi connectivity index (χ1v) is 7.45. The standard InChI is InChI=1S/C15H15ClN2O4/c16-11-4-3-9(7-10(11)12(19)17-8-1-2-8)18-13(20)15(5-6-15)14(21)22/h3-4,7-8H,1-2,5-6H2,(H,17,19)(H,18,20)(H,21,22). The van der Waals surface area contributed by atoms with Crippen molar-refractivity contribution >= 4 is 35.1 Å². The van der Waals surface area contributed by atoms with Gasteiger partial charge in [0, 0.05) is 11.7 Å². The van der Waals surface area contributed by atoms with Crippen LogP contribution in [-0.4, -0.2) is 28.9 Å². The summed E-state index contributed by atoms with van der Waals surface area (Å²) in [6, 6.07) is 4.73. The molecule has 0 unspecified atom stereocenters. The molecule has 2 aliphatic carbocycles. The summed E-state index contributed by atoms with van der Waals surface area (Å²) in [6.45, 7) is 0. The van der Waals surface area contributed by atoms with Gasteiger partial charge in [-0.05, 0) is 43.9 Å². The fourth-order valence-corrected chi connectivity index (χ4v) is 2.39. The summed E-state index contributed by atoms with van der Waals surface area (Å²) in [5, 5.41) is 14.8. The molecule has 3 N–H and O–H groups in total. The highest BCUT2D eigenvalue weighted by Gasteiger charge is 2.57. The summed E-state index contributed by atoms with van der Waals surface area (Å²) in [6.07, 6.45) is 2.58. The molecule has 2 amide bonds. The van der Waals surface area contributed by atoms with Crippen LogP contribution in [0, 0.1) is 5.41 Å². The van der Waals surface area contributed by atoms with Gasteiger partial charge < -0.3 is 15.7 Å². The average Bonchev–Trinajstić information content (AvgIpc) is 3.34. The number of hydrogen-bond donors (Lipinski definition) is 3. The molecule has 0 bridgehead atoms. The first kappa shape index (κ1) is 14.8. The maximum Gasteiger partial charge on any atom is 0.319 e. The van der Waals surface area contributed by atoms with Crippen molar-refractivity contribution in [2.75, 3.05) is 5.32 Å². The minimum absolute atomic E-state index is 0.198. The fourth-order valence-electron chi connectivity index (χ4n) is 2.18. The van der Waals surface area contributed by atoms with Gasteiger partial charge in [0.1, 0.15) is 5.41 Å². The molecule has 2 fully saturated rings. The van der Waals surface area contributed by atoms with Crippen molar-refractivity contribution in [2.24, 2.45) is 5.41 Å². The molecule has 0 radical (unpaired) electrons. The molecule has 0 aliphatic heterocycles. The van der Waals surface area contributed by atoms with E-state index in [9.17, 15) is 14.4 Å². The van der Waals surface area contributed by atoms with Crippen molar-refractivity contribution in [1.29, 1.82) is 0 Å². The predicted octanol–water partition coefficient (Wildman–Crippen LogP) is 2.04. The molecule has 7 heteroatoms. The van der Waals surface area contributed by atoms with Crippen LogP contribution in [0.25, 0.3) is 0 Å². The smallest absolute Gasteiger partial charge is 0.319 e. The van der Waals surface area contributed by atoms with E-state index in [0.29, 0.717) is 18.5 Å². The maximum atomic E-state index is 12.1. The quantitative estimate of drug-likeness (QED) is 0.723. The van der Waals surface area contributed by atoms with Crippen molar-refractivity contribution in [2.45, 2.75) is 31.7 Å². The lowest BCUT2D eigenvalue weighted by Gasteiger charge is -2.12. The van der Waals surface area contributed by atoms with E-state index in [1.807, 2.05) is 0 Å². The van der Waals surface area contributed by atoms with Crippen LogP contribution >= 0.6 is 11.6 Å². The molecule has 0 heterocycles. The van der Waals surface area contributed by atoms with Crippen molar-refractivity contribution in [1.82, 2.24) is 5.32 Å². The molecule has 2 saturated carbocycles. The minimum Gasteiger partial charge on any atom is -0.480 e. The Kier molecular flexibility index (Phi) is 3.56. The number of halogens is 1. The third-order valence-corrected chi connectivity index (χ3v) is 4.31. The molecular formula is C15H15ClN2O4. The second-order valence-electron chi connectivity index (χ2n) is 5.78. The normalized spacial score (nSPS) is 18.4. The van der Waals surface area contributed by atoms with E-state index in [2.05, 4.69) is 10.6 Å². The summed E-state index contributed by atoms with van der Waals surface area (Å²) in [4.78, 5) is 35.3. The highest BCUT2D eigenvalue weighted by atomic mass is 35.5. The summed E-state index contributed by atoms with van der Waals surface area (Å²) >= 11 is 6.02. The van der Waals surface area contributed by atoms with Gasteiger partial charge in [-0.3, -0.25) is 14.4 Å². The van der Waals surface area contributed by atoms with E-state index in [-0.39, 0.29) is 22.5 Å². The van der Waals surface area contributed by atoms with E-state index in [1.165, 1.54) is 12.1 Å². The molecule has 22 heavy (non-hydrogen) atoms. The van der Waals surface area contributed by atoms with Crippen molar-refractivity contribution in [3.05, 3.63) is 28.8 Å². The molecule has 2 aliphatic rings. The second-order valence-corrected chi connectivity index (χ2v) is 6.19. The van der Waals surface area contributed by atoms with Crippen molar-refractivity contribution < 1.29 is 19.5 Å². The lowest BCUT2D eigenvalue weighted by atomic mass is 10.1. The number of aliphatic carboxylic acids is 1. The highest BCUT2D eigenvalue weighted by Crippen LogP contribution is 2.46. The van der Waals surface area contributed by atoms with Gasteiger partial charge in [-0.25, -0.2) is 0 Å². The topological polar surface area (TPSA) is 95.5 Å². The molecule has 6 nitrogen and oxygen atoms in total. The number of benzene rings is 1. The number of carbonyl (C=O) groups is 3. The van der Waals surface area contributed by atoms with Gasteiger partial charge in [-0.1, -0.05) is 11.6 Å². The maximum absolute atomic E-state index is 12.1. The van der Waals surface area contributed by atoms with Gasteiger partial charge in [-0.15, -0.1) is 0 Å². The summed E-state index contributed by atoms with van der Waals surface area (Å²) in [5.41, 5.74) is -0.690. The summed E-state index contributed by atoms with van der Waals surface area (Å²) in [7, 11) is 0. The third kappa shape index (κ3) is 2.78. The van der Waals surface area contributed by atoms with E-state index in [0.717, 1.165) is 12.8 Å². The molecule has 0 aromatic heterocycles. The van der Waals surface area contributed by atoms with E-state index >= 15 is 0 Å². The molecule has 0 spiro atoms.